The Morgan fingerprint density at radius 2 is 2.27 bits per heavy atom. The second-order valence-corrected chi connectivity index (χ2v) is 5.13. The quantitative estimate of drug-likeness (QED) is 0.831. The molecule has 0 N–H and O–H groups in total. The van der Waals surface area contributed by atoms with Crippen LogP contribution in [-0.4, -0.2) is 17.6 Å². The fourth-order valence-electron chi connectivity index (χ4n) is 1.92. The lowest BCUT2D eigenvalue weighted by molar-refractivity contribution is 0.747. The van der Waals surface area contributed by atoms with Gasteiger partial charge in [0.25, 0.3) is 0 Å². The van der Waals surface area contributed by atoms with Gasteiger partial charge < -0.3 is 4.90 Å². The highest BCUT2D eigenvalue weighted by molar-refractivity contribution is 9.10. The van der Waals surface area contributed by atoms with E-state index in [1.54, 1.807) is 0 Å². The average molecular weight is 269 g/mol. The highest BCUT2D eigenvalue weighted by Gasteiger charge is 2.30. The molecule has 1 heterocycles. The molecule has 82 valence electrons. The molecule has 1 aliphatic rings. The standard InChI is InChI=1S/C12H17BrN2/c1-3-6-15(11-4-5-11)12-9(2)7-10(13)8-14-12/h7-8,11H,3-6H2,1-2H3. The molecule has 0 atom stereocenters. The summed E-state index contributed by atoms with van der Waals surface area (Å²) in [6.45, 7) is 5.49. The Morgan fingerprint density at radius 1 is 1.53 bits per heavy atom. The summed E-state index contributed by atoms with van der Waals surface area (Å²) < 4.78 is 1.07. The molecule has 1 fully saturated rings. The van der Waals surface area contributed by atoms with Crippen LogP contribution in [0.2, 0.25) is 0 Å². The van der Waals surface area contributed by atoms with Crippen LogP contribution in [0.15, 0.2) is 16.7 Å². The van der Waals surface area contributed by atoms with Crippen molar-refractivity contribution in [2.24, 2.45) is 0 Å². The van der Waals surface area contributed by atoms with E-state index in [0.717, 1.165) is 17.1 Å². The van der Waals surface area contributed by atoms with Crippen LogP contribution in [0.3, 0.4) is 0 Å². The SMILES string of the molecule is CCCN(c1ncc(Br)cc1C)C1CC1. The van der Waals surface area contributed by atoms with Gasteiger partial charge in [0.1, 0.15) is 5.82 Å². The minimum Gasteiger partial charge on any atom is -0.353 e. The lowest BCUT2D eigenvalue weighted by Gasteiger charge is -2.24. The number of hydrogen-bond acceptors (Lipinski definition) is 2. The van der Waals surface area contributed by atoms with Crippen molar-refractivity contribution in [2.75, 3.05) is 11.4 Å². The molecule has 0 saturated heterocycles. The first kappa shape index (κ1) is 10.9. The van der Waals surface area contributed by atoms with Crippen LogP contribution in [-0.2, 0) is 0 Å². The molecule has 0 amide bonds. The normalized spacial score (nSPS) is 15.4. The van der Waals surface area contributed by atoms with Gasteiger partial charge in [0.15, 0.2) is 0 Å². The number of anilines is 1. The van der Waals surface area contributed by atoms with E-state index >= 15 is 0 Å². The third-order valence-corrected chi connectivity index (χ3v) is 3.18. The number of nitrogens with zero attached hydrogens (tertiary/aromatic N) is 2. The van der Waals surface area contributed by atoms with Crippen LogP contribution < -0.4 is 4.90 Å². The largest absolute Gasteiger partial charge is 0.353 e. The van der Waals surface area contributed by atoms with Crippen LogP contribution in [0.1, 0.15) is 31.7 Å². The van der Waals surface area contributed by atoms with Crippen molar-refractivity contribution in [1.29, 1.82) is 0 Å². The van der Waals surface area contributed by atoms with E-state index in [0.29, 0.717) is 0 Å². The van der Waals surface area contributed by atoms with E-state index in [4.69, 9.17) is 0 Å². The molecular formula is C12H17BrN2. The molecule has 15 heavy (non-hydrogen) atoms. The minimum atomic E-state index is 0.748. The zero-order valence-corrected chi connectivity index (χ0v) is 10.9. The lowest BCUT2D eigenvalue weighted by atomic mass is 10.2. The van der Waals surface area contributed by atoms with Gasteiger partial charge in [-0.3, -0.25) is 0 Å². The van der Waals surface area contributed by atoms with Crippen molar-refractivity contribution in [3.05, 3.63) is 22.3 Å². The zero-order valence-electron chi connectivity index (χ0n) is 9.33. The smallest absolute Gasteiger partial charge is 0.131 e. The fraction of sp³-hybridized carbons (Fsp3) is 0.583. The molecule has 2 nitrogen and oxygen atoms in total. The molecule has 0 unspecified atom stereocenters. The third-order valence-electron chi connectivity index (χ3n) is 2.74. The van der Waals surface area contributed by atoms with E-state index in [1.807, 2.05) is 6.20 Å². The number of pyridine rings is 1. The maximum Gasteiger partial charge on any atom is 0.131 e. The van der Waals surface area contributed by atoms with E-state index in [9.17, 15) is 0 Å². The summed E-state index contributed by atoms with van der Waals surface area (Å²) >= 11 is 3.46. The first-order chi connectivity index (χ1) is 7.22. The molecule has 1 aliphatic carbocycles. The average Bonchev–Trinajstić information content (AvgIpc) is 2.98. The van der Waals surface area contributed by atoms with Gasteiger partial charge in [-0.15, -0.1) is 0 Å². The molecule has 0 aromatic carbocycles. The van der Waals surface area contributed by atoms with E-state index in [1.165, 1.54) is 30.6 Å². The summed E-state index contributed by atoms with van der Waals surface area (Å²) in [4.78, 5) is 7.00. The van der Waals surface area contributed by atoms with E-state index < -0.39 is 0 Å². The van der Waals surface area contributed by atoms with Gasteiger partial charge in [-0.05, 0) is 53.7 Å². The second-order valence-electron chi connectivity index (χ2n) is 4.22. The Bertz CT molecular complexity index is 347. The summed E-state index contributed by atoms with van der Waals surface area (Å²) in [5, 5.41) is 0. The van der Waals surface area contributed by atoms with Gasteiger partial charge in [-0.25, -0.2) is 4.98 Å². The number of halogens is 1. The van der Waals surface area contributed by atoms with Crippen molar-refractivity contribution >= 4 is 21.7 Å². The molecule has 0 aliphatic heterocycles. The van der Waals surface area contributed by atoms with Gasteiger partial charge in [-0.1, -0.05) is 6.92 Å². The molecular weight excluding hydrogens is 252 g/mol. The molecule has 0 spiro atoms. The molecule has 1 aromatic rings. The van der Waals surface area contributed by atoms with E-state index in [-0.39, 0.29) is 0 Å². The molecule has 1 saturated carbocycles. The summed E-state index contributed by atoms with van der Waals surface area (Å²) in [7, 11) is 0. The Labute approximate surface area is 99.8 Å². The summed E-state index contributed by atoms with van der Waals surface area (Å²) in [5.74, 6) is 1.17. The zero-order chi connectivity index (χ0) is 10.8. The van der Waals surface area contributed by atoms with Gasteiger partial charge >= 0.3 is 0 Å². The number of aromatic nitrogens is 1. The first-order valence-electron chi connectivity index (χ1n) is 5.61. The maximum absolute atomic E-state index is 4.54. The van der Waals surface area contributed by atoms with Crippen LogP contribution >= 0.6 is 15.9 Å². The van der Waals surface area contributed by atoms with Crippen molar-refractivity contribution in [1.82, 2.24) is 4.98 Å². The highest BCUT2D eigenvalue weighted by atomic mass is 79.9. The van der Waals surface area contributed by atoms with Crippen LogP contribution in [0.4, 0.5) is 5.82 Å². The van der Waals surface area contributed by atoms with Gasteiger partial charge in [0, 0.05) is 23.3 Å². The number of hydrogen-bond donors (Lipinski definition) is 0. The summed E-state index contributed by atoms with van der Waals surface area (Å²) in [6.07, 6.45) is 5.75. The van der Waals surface area contributed by atoms with Gasteiger partial charge in [-0.2, -0.15) is 0 Å². The third kappa shape index (κ3) is 2.51. The topological polar surface area (TPSA) is 16.1 Å². The maximum atomic E-state index is 4.54. The molecule has 2 rings (SSSR count). The lowest BCUT2D eigenvalue weighted by Crippen LogP contribution is -2.28. The summed E-state index contributed by atoms with van der Waals surface area (Å²) in [5.41, 5.74) is 1.27. The van der Waals surface area contributed by atoms with Crippen LogP contribution in [0, 0.1) is 6.92 Å². The Hall–Kier alpha value is -0.570. The predicted octanol–water partition coefficient (Wildman–Crippen LogP) is 3.53. The van der Waals surface area contributed by atoms with Crippen molar-refractivity contribution in [3.8, 4) is 0 Å². The summed E-state index contributed by atoms with van der Waals surface area (Å²) in [6, 6.07) is 2.89. The van der Waals surface area contributed by atoms with Gasteiger partial charge in [0.2, 0.25) is 0 Å². The Morgan fingerprint density at radius 3 is 2.80 bits per heavy atom. The fourth-order valence-corrected chi connectivity index (χ4v) is 2.37. The van der Waals surface area contributed by atoms with Gasteiger partial charge in [0.05, 0.1) is 0 Å². The Kier molecular flexibility index (Phi) is 3.29. The second kappa shape index (κ2) is 4.52. The molecule has 1 aromatic heterocycles. The molecule has 3 heteroatoms. The number of rotatable bonds is 4. The van der Waals surface area contributed by atoms with E-state index in [2.05, 4.69) is 45.7 Å². The molecule has 0 bridgehead atoms. The Balaban J connectivity index is 2.24. The van der Waals surface area contributed by atoms with Crippen molar-refractivity contribution < 1.29 is 0 Å². The first-order valence-corrected chi connectivity index (χ1v) is 6.40. The number of aryl methyl sites for hydroxylation is 1. The monoisotopic (exact) mass is 268 g/mol. The van der Waals surface area contributed by atoms with Crippen molar-refractivity contribution in [2.45, 2.75) is 39.2 Å². The van der Waals surface area contributed by atoms with Crippen molar-refractivity contribution in [3.63, 3.8) is 0 Å². The van der Waals surface area contributed by atoms with Crippen LogP contribution in [0.5, 0.6) is 0 Å². The molecule has 0 radical (unpaired) electrons. The predicted molar refractivity (Wildman–Crippen MR) is 67.3 cm³/mol. The highest BCUT2D eigenvalue weighted by Crippen LogP contribution is 2.32. The van der Waals surface area contributed by atoms with Crippen LogP contribution in [0.25, 0.3) is 0 Å². The minimum absolute atomic E-state index is 0.748.